The van der Waals surface area contributed by atoms with Gasteiger partial charge in [0.25, 0.3) is 11.5 Å². The van der Waals surface area contributed by atoms with Crippen molar-refractivity contribution < 1.29 is 9.59 Å². The molecule has 2 amide bonds. The summed E-state index contributed by atoms with van der Waals surface area (Å²) in [5.41, 5.74) is 7.20. The summed E-state index contributed by atoms with van der Waals surface area (Å²) in [4.78, 5) is 41.8. The number of hydrogen-bond acceptors (Lipinski definition) is 5. The van der Waals surface area contributed by atoms with Crippen LogP contribution in [0.15, 0.2) is 35.4 Å². The number of primary amides is 1. The molecule has 8 heteroatoms. The number of benzene rings is 1. The summed E-state index contributed by atoms with van der Waals surface area (Å²) in [5, 5.41) is 3.10. The van der Waals surface area contributed by atoms with Gasteiger partial charge in [0.2, 0.25) is 5.91 Å². The first kappa shape index (κ1) is 17.8. The highest BCUT2D eigenvalue weighted by Crippen LogP contribution is 2.26. The van der Waals surface area contributed by atoms with Crippen LogP contribution < -0.4 is 16.6 Å². The van der Waals surface area contributed by atoms with Gasteiger partial charge in [0.05, 0.1) is 16.6 Å². The van der Waals surface area contributed by atoms with Crippen molar-refractivity contribution in [3.05, 3.63) is 57.0 Å². The molecule has 1 atom stereocenters. The molecular weight excluding hydrogens is 352 g/mol. The van der Waals surface area contributed by atoms with Gasteiger partial charge in [-0.2, -0.15) is 0 Å². The third kappa shape index (κ3) is 3.11. The van der Waals surface area contributed by atoms with Crippen LogP contribution in [0.2, 0.25) is 0 Å². The topological polar surface area (TPSA) is 107 Å². The predicted octanol–water partition coefficient (Wildman–Crippen LogP) is 2.37. The molecular formula is C18H18N4O3S. The van der Waals surface area contributed by atoms with E-state index in [2.05, 4.69) is 10.3 Å². The molecule has 1 unspecified atom stereocenters. The number of aryl methyl sites for hydroxylation is 2. The Morgan fingerprint density at radius 3 is 2.50 bits per heavy atom. The minimum absolute atomic E-state index is 0.305. The first-order valence-corrected chi connectivity index (χ1v) is 8.78. The molecule has 1 aromatic carbocycles. The van der Waals surface area contributed by atoms with Crippen molar-refractivity contribution in [1.82, 2.24) is 9.55 Å². The van der Waals surface area contributed by atoms with E-state index in [1.54, 1.807) is 26.0 Å². The van der Waals surface area contributed by atoms with Gasteiger partial charge in [0.1, 0.15) is 10.9 Å². The first-order valence-electron chi connectivity index (χ1n) is 7.97. The van der Waals surface area contributed by atoms with Crippen LogP contribution in [0.4, 0.5) is 5.69 Å². The second-order valence-corrected chi connectivity index (χ2v) is 7.09. The first-order chi connectivity index (χ1) is 12.3. The summed E-state index contributed by atoms with van der Waals surface area (Å²) in [5.74, 6) is -0.929. The van der Waals surface area contributed by atoms with Crippen LogP contribution in [0.25, 0.3) is 10.2 Å². The summed E-state index contributed by atoms with van der Waals surface area (Å²) in [6.45, 7) is 5.23. The van der Waals surface area contributed by atoms with E-state index in [0.29, 0.717) is 26.3 Å². The van der Waals surface area contributed by atoms with E-state index in [9.17, 15) is 14.4 Å². The zero-order chi connectivity index (χ0) is 19.0. The van der Waals surface area contributed by atoms with Crippen LogP contribution in [-0.4, -0.2) is 21.4 Å². The maximum atomic E-state index is 12.8. The van der Waals surface area contributed by atoms with Crippen molar-refractivity contribution in [3.8, 4) is 0 Å². The fourth-order valence-electron chi connectivity index (χ4n) is 2.66. The Balaban J connectivity index is 1.96. The Hall–Kier alpha value is -3.00. The number of nitrogens with zero attached hydrogens (tertiary/aromatic N) is 2. The molecule has 0 bridgehead atoms. The minimum Gasteiger partial charge on any atom is -0.365 e. The third-order valence-corrected chi connectivity index (χ3v) is 5.43. The summed E-state index contributed by atoms with van der Waals surface area (Å²) in [6.07, 6.45) is 1.32. The second kappa shape index (κ2) is 6.72. The van der Waals surface area contributed by atoms with E-state index in [4.69, 9.17) is 5.73 Å². The van der Waals surface area contributed by atoms with Crippen LogP contribution >= 0.6 is 11.3 Å². The van der Waals surface area contributed by atoms with Crippen molar-refractivity contribution >= 4 is 39.1 Å². The van der Waals surface area contributed by atoms with Crippen LogP contribution in [0.1, 0.15) is 33.8 Å². The normalized spacial score (nSPS) is 12.1. The Morgan fingerprint density at radius 1 is 1.23 bits per heavy atom. The number of fused-ring (bicyclic) bond motifs is 1. The lowest BCUT2D eigenvalue weighted by molar-refractivity contribution is -0.118. The summed E-state index contributed by atoms with van der Waals surface area (Å²) in [7, 11) is 0. The molecule has 0 saturated heterocycles. The lowest BCUT2D eigenvalue weighted by atomic mass is 10.2. The van der Waals surface area contributed by atoms with Gasteiger partial charge in [-0.25, -0.2) is 4.98 Å². The molecule has 3 N–H and O–H groups in total. The molecule has 2 heterocycles. The standard InChI is InChI=1S/C18H18N4O3S/c1-9-4-6-12(7-5-9)21-16(24)11(3)22-8-20-17-13(18(22)25)10(2)14(26-17)15(19)23/h4-8,11H,1-3H3,(H2,19,23)(H,21,24). The molecule has 134 valence electrons. The number of thiophene rings is 1. The van der Waals surface area contributed by atoms with Crippen LogP contribution in [-0.2, 0) is 4.79 Å². The Kier molecular flexibility index (Phi) is 4.60. The lowest BCUT2D eigenvalue weighted by Gasteiger charge is -2.15. The zero-order valence-corrected chi connectivity index (χ0v) is 15.4. The van der Waals surface area contributed by atoms with Crippen LogP contribution in [0.3, 0.4) is 0 Å². The number of anilines is 1. The van der Waals surface area contributed by atoms with Crippen molar-refractivity contribution in [2.24, 2.45) is 5.73 Å². The van der Waals surface area contributed by atoms with E-state index in [1.165, 1.54) is 10.9 Å². The zero-order valence-electron chi connectivity index (χ0n) is 14.6. The number of nitrogens with one attached hydrogen (secondary N) is 1. The van der Waals surface area contributed by atoms with Gasteiger partial charge in [-0.05, 0) is 38.5 Å². The number of carbonyl (C=O) groups is 2. The number of aromatic nitrogens is 2. The molecule has 7 nitrogen and oxygen atoms in total. The van der Waals surface area contributed by atoms with Gasteiger partial charge in [-0.1, -0.05) is 17.7 Å². The fraction of sp³-hybridized carbons (Fsp3) is 0.222. The molecule has 3 aromatic rings. The molecule has 0 aliphatic carbocycles. The van der Waals surface area contributed by atoms with Gasteiger partial charge < -0.3 is 11.1 Å². The van der Waals surface area contributed by atoms with Crippen molar-refractivity contribution in [1.29, 1.82) is 0 Å². The predicted molar refractivity (Wildman–Crippen MR) is 102 cm³/mol. The average Bonchev–Trinajstić information content (AvgIpc) is 2.94. The highest BCUT2D eigenvalue weighted by atomic mass is 32.1. The number of carbonyl (C=O) groups excluding carboxylic acids is 2. The van der Waals surface area contributed by atoms with E-state index >= 15 is 0 Å². The molecule has 0 radical (unpaired) electrons. The van der Waals surface area contributed by atoms with Gasteiger partial charge in [0.15, 0.2) is 0 Å². The number of nitrogens with two attached hydrogens (primary N) is 1. The summed E-state index contributed by atoms with van der Waals surface area (Å²) < 4.78 is 1.26. The number of rotatable bonds is 4. The largest absolute Gasteiger partial charge is 0.365 e. The molecule has 0 saturated carbocycles. The van der Waals surface area contributed by atoms with Gasteiger partial charge in [-0.3, -0.25) is 19.0 Å². The lowest BCUT2D eigenvalue weighted by Crippen LogP contribution is -2.31. The minimum atomic E-state index is -0.767. The fourth-order valence-corrected chi connectivity index (χ4v) is 3.65. The van der Waals surface area contributed by atoms with E-state index in [0.717, 1.165) is 16.9 Å². The van der Waals surface area contributed by atoms with E-state index < -0.39 is 11.9 Å². The van der Waals surface area contributed by atoms with Crippen molar-refractivity contribution in [2.45, 2.75) is 26.8 Å². The molecule has 26 heavy (non-hydrogen) atoms. The molecule has 0 fully saturated rings. The highest BCUT2D eigenvalue weighted by molar-refractivity contribution is 7.20. The van der Waals surface area contributed by atoms with Crippen LogP contribution in [0.5, 0.6) is 0 Å². The van der Waals surface area contributed by atoms with E-state index in [-0.39, 0.29) is 11.5 Å². The number of amides is 2. The SMILES string of the molecule is Cc1ccc(NC(=O)C(C)n2cnc3sc(C(N)=O)c(C)c3c2=O)cc1. The Labute approximate surface area is 153 Å². The van der Waals surface area contributed by atoms with Gasteiger partial charge in [0, 0.05) is 5.69 Å². The summed E-state index contributed by atoms with van der Waals surface area (Å²) >= 11 is 1.08. The summed E-state index contributed by atoms with van der Waals surface area (Å²) in [6, 6.07) is 6.61. The Morgan fingerprint density at radius 2 is 1.88 bits per heavy atom. The molecule has 0 aliphatic heterocycles. The molecule has 2 aromatic heterocycles. The van der Waals surface area contributed by atoms with E-state index in [1.807, 2.05) is 19.1 Å². The maximum Gasteiger partial charge on any atom is 0.263 e. The van der Waals surface area contributed by atoms with Gasteiger partial charge in [-0.15, -0.1) is 11.3 Å². The maximum absolute atomic E-state index is 12.8. The average molecular weight is 370 g/mol. The quantitative estimate of drug-likeness (QED) is 0.735. The van der Waals surface area contributed by atoms with Crippen LogP contribution in [0, 0.1) is 13.8 Å². The molecule has 3 rings (SSSR count). The number of hydrogen-bond donors (Lipinski definition) is 2. The van der Waals surface area contributed by atoms with Crippen molar-refractivity contribution in [2.75, 3.05) is 5.32 Å². The monoisotopic (exact) mass is 370 g/mol. The molecule has 0 spiro atoms. The smallest absolute Gasteiger partial charge is 0.263 e. The Bertz CT molecular complexity index is 1070. The highest BCUT2D eigenvalue weighted by Gasteiger charge is 2.22. The van der Waals surface area contributed by atoms with Crippen molar-refractivity contribution in [3.63, 3.8) is 0 Å². The third-order valence-electron chi connectivity index (χ3n) is 4.22. The molecule has 0 aliphatic rings. The second-order valence-electron chi connectivity index (χ2n) is 6.09. The van der Waals surface area contributed by atoms with Gasteiger partial charge >= 0.3 is 0 Å².